The number of hydrogen-bond donors (Lipinski definition) is 1. The Balaban J connectivity index is 2.13. The summed E-state index contributed by atoms with van der Waals surface area (Å²) in [5.41, 5.74) is 5.92. The average molecular weight is 213 g/mol. The Labute approximate surface area is 88.1 Å². The van der Waals surface area contributed by atoms with Crippen molar-refractivity contribution in [3.05, 3.63) is 17.3 Å². The van der Waals surface area contributed by atoms with Crippen molar-refractivity contribution in [1.29, 1.82) is 0 Å². The lowest BCUT2D eigenvalue weighted by Crippen LogP contribution is -2.28. The summed E-state index contributed by atoms with van der Waals surface area (Å²) >= 11 is 5.66. The smallest absolute Gasteiger partial charge is 0.151 e. The van der Waals surface area contributed by atoms with Gasteiger partial charge in [0.1, 0.15) is 0 Å². The van der Waals surface area contributed by atoms with E-state index >= 15 is 0 Å². The van der Waals surface area contributed by atoms with Crippen LogP contribution in [0.1, 0.15) is 6.92 Å². The maximum Gasteiger partial charge on any atom is 0.151 e. The van der Waals surface area contributed by atoms with Crippen LogP contribution in [0.5, 0.6) is 0 Å². The van der Waals surface area contributed by atoms with Crippen molar-refractivity contribution >= 4 is 17.4 Å². The standard InChI is InChI=1S/C9H13ClN4/c1-6-4-14(5-7(6)11)9-3-2-8(10)12-13-9/h2-3,6-7H,4-5,11H2,1H3. The number of nitrogens with zero attached hydrogens (tertiary/aromatic N) is 3. The molecule has 0 radical (unpaired) electrons. The summed E-state index contributed by atoms with van der Waals surface area (Å²) in [6.45, 7) is 3.93. The third-order valence-corrected chi connectivity index (χ3v) is 2.81. The molecule has 4 nitrogen and oxygen atoms in total. The SMILES string of the molecule is CC1CN(c2ccc(Cl)nn2)CC1N. The van der Waals surface area contributed by atoms with Gasteiger partial charge < -0.3 is 10.6 Å². The molecule has 1 aliphatic rings. The lowest BCUT2D eigenvalue weighted by Gasteiger charge is -2.15. The maximum atomic E-state index is 5.92. The number of aromatic nitrogens is 2. The van der Waals surface area contributed by atoms with Gasteiger partial charge in [-0.1, -0.05) is 18.5 Å². The second-order valence-electron chi connectivity index (χ2n) is 3.76. The van der Waals surface area contributed by atoms with Crippen LogP contribution in [0.2, 0.25) is 5.15 Å². The van der Waals surface area contributed by atoms with Crippen LogP contribution in [0, 0.1) is 5.92 Å². The van der Waals surface area contributed by atoms with E-state index < -0.39 is 0 Å². The highest BCUT2D eigenvalue weighted by molar-refractivity contribution is 6.29. The Kier molecular flexibility index (Phi) is 2.56. The molecule has 2 N–H and O–H groups in total. The second-order valence-corrected chi connectivity index (χ2v) is 4.15. The maximum absolute atomic E-state index is 5.92. The molecule has 0 saturated carbocycles. The van der Waals surface area contributed by atoms with Gasteiger partial charge in [0.05, 0.1) is 0 Å². The summed E-state index contributed by atoms with van der Waals surface area (Å²) in [5.74, 6) is 1.36. The molecule has 76 valence electrons. The molecule has 1 aromatic heterocycles. The Morgan fingerprint density at radius 2 is 2.21 bits per heavy atom. The minimum Gasteiger partial charge on any atom is -0.353 e. The lowest BCUT2D eigenvalue weighted by atomic mass is 10.1. The van der Waals surface area contributed by atoms with Crippen molar-refractivity contribution in [2.75, 3.05) is 18.0 Å². The zero-order chi connectivity index (χ0) is 10.1. The zero-order valence-electron chi connectivity index (χ0n) is 8.02. The van der Waals surface area contributed by atoms with Gasteiger partial charge in [-0.05, 0) is 18.1 Å². The summed E-state index contributed by atoms with van der Waals surface area (Å²) in [6.07, 6.45) is 0. The molecule has 1 saturated heterocycles. The second kappa shape index (κ2) is 3.71. The largest absolute Gasteiger partial charge is 0.353 e. The first-order valence-corrected chi connectivity index (χ1v) is 5.04. The Morgan fingerprint density at radius 3 is 2.71 bits per heavy atom. The molecule has 1 fully saturated rings. The van der Waals surface area contributed by atoms with Crippen LogP contribution in [-0.4, -0.2) is 29.3 Å². The van der Waals surface area contributed by atoms with Crippen molar-refractivity contribution in [2.45, 2.75) is 13.0 Å². The number of nitrogens with two attached hydrogens (primary N) is 1. The van der Waals surface area contributed by atoms with Crippen molar-refractivity contribution < 1.29 is 0 Å². The number of anilines is 1. The fourth-order valence-electron chi connectivity index (χ4n) is 1.66. The summed E-state index contributed by atoms with van der Waals surface area (Å²) in [5, 5.41) is 8.25. The zero-order valence-corrected chi connectivity index (χ0v) is 8.78. The van der Waals surface area contributed by atoms with E-state index in [9.17, 15) is 0 Å². The van der Waals surface area contributed by atoms with E-state index in [-0.39, 0.29) is 6.04 Å². The van der Waals surface area contributed by atoms with Crippen LogP contribution in [0.25, 0.3) is 0 Å². The van der Waals surface area contributed by atoms with Crippen LogP contribution >= 0.6 is 11.6 Å². The highest BCUT2D eigenvalue weighted by atomic mass is 35.5. The first-order chi connectivity index (χ1) is 6.66. The van der Waals surface area contributed by atoms with E-state index in [2.05, 4.69) is 22.0 Å². The van der Waals surface area contributed by atoms with Gasteiger partial charge >= 0.3 is 0 Å². The van der Waals surface area contributed by atoms with Crippen LogP contribution in [-0.2, 0) is 0 Å². The summed E-state index contributed by atoms with van der Waals surface area (Å²) < 4.78 is 0. The molecule has 0 aromatic carbocycles. The lowest BCUT2D eigenvalue weighted by molar-refractivity contribution is 0.566. The minimum absolute atomic E-state index is 0.229. The molecule has 1 aromatic rings. The topological polar surface area (TPSA) is 55.0 Å². The van der Waals surface area contributed by atoms with E-state index in [4.69, 9.17) is 17.3 Å². The van der Waals surface area contributed by atoms with Crippen molar-refractivity contribution in [1.82, 2.24) is 10.2 Å². The van der Waals surface area contributed by atoms with Gasteiger partial charge in [-0.15, -0.1) is 10.2 Å². The third kappa shape index (κ3) is 1.81. The van der Waals surface area contributed by atoms with Gasteiger partial charge in [0.15, 0.2) is 11.0 Å². The van der Waals surface area contributed by atoms with Gasteiger partial charge in [0, 0.05) is 19.1 Å². The molecular formula is C9H13ClN4. The molecular weight excluding hydrogens is 200 g/mol. The van der Waals surface area contributed by atoms with Crippen LogP contribution in [0.3, 0.4) is 0 Å². The van der Waals surface area contributed by atoms with E-state index in [1.165, 1.54) is 0 Å². The molecule has 1 aliphatic heterocycles. The van der Waals surface area contributed by atoms with Gasteiger partial charge in [-0.2, -0.15) is 0 Å². The Morgan fingerprint density at radius 1 is 1.43 bits per heavy atom. The molecule has 14 heavy (non-hydrogen) atoms. The Hall–Kier alpha value is -0.870. The van der Waals surface area contributed by atoms with Crippen molar-refractivity contribution in [3.63, 3.8) is 0 Å². The van der Waals surface area contributed by atoms with Crippen LogP contribution in [0.15, 0.2) is 12.1 Å². The minimum atomic E-state index is 0.229. The fourth-order valence-corrected chi connectivity index (χ4v) is 1.76. The first kappa shape index (κ1) is 9.68. The molecule has 2 heterocycles. The molecule has 2 rings (SSSR count). The van der Waals surface area contributed by atoms with Gasteiger partial charge in [0.2, 0.25) is 0 Å². The van der Waals surface area contributed by atoms with E-state index in [1.807, 2.05) is 6.07 Å². The fraction of sp³-hybridized carbons (Fsp3) is 0.556. The molecule has 2 atom stereocenters. The van der Waals surface area contributed by atoms with Crippen LogP contribution < -0.4 is 10.6 Å². The quantitative estimate of drug-likeness (QED) is 0.752. The predicted molar refractivity (Wildman–Crippen MR) is 56.4 cm³/mol. The highest BCUT2D eigenvalue weighted by Crippen LogP contribution is 2.20. The van der Waals surface area contributed by atoms with Crippen LogP contribution in [0.4, 0.5) is 5.82 Å². The average Bonchev–Trinajstić information content (AvgIpc) is 2.48. The molecule has 5 heteroatoms. The Bertz CT molecular complexity index is 303. The molecule has 2 unspecified atom stereocenters. The summed E-state index contributed by atoms with van der Waals surface area (Å²) in [4.78, 5) is 2.14. The van der Waals surface area contributed by atoms with E-state index in [0.29, 0.717) is 11.1 Å². The van der Waals surface area contributed by atoms with Crippen molar-refractivity contribution in [2.24, 2.45) is 11.7 Å². The van der Waals surface area contributed by atoms with Crippen molar-refractivity contribution in [3.8, 4) is 0 Å². The highest BCUT2D eigenvalue weighted by Gasteiger charge is 2.27. The van der Waals surface area contributed by atoms with Gasteiger partial charge in [-0.25, -0.2) is 0 Å². The van der Waals surface area contributed by atoms with E-state index in [1.54, 1.807) is 6.07 Å². The molecule has 0 bridgehead atoms. The molecule has 0 amide bonds. The number of rotatable bonds is 1. The first-order valence-electron chi connectivity index (χ1n) is 4.66. The van der Waals surface area contributed by atoms with Gasteiger partial charge in [0.25, 0.3) is 0 Å². The molecule has 0 aliphatic carbocycles. The number of hydrogen-bond acceptors (Lipinski definition) is 4. The van der Waals surface area contributed by atoms with E-state index in [0.717, 1.165) is 18.9 Å². The predicted octanol–water partition coefficient (Wildman–Crippen LogP) is 0.913. The normalized spacial score (nSPS) is 26.9. The summed E-state index contributed by atoms with van der Waals surface area (Å²) in [7, 11) is 0. The third-order valence-electron chi connectivity index (χ3n) is 2.61. The van der Waals surface area contributed by atoms with Gasteiger partial charge in [-0.3, -0.25) is 0 Å². The summed E-state index contributed by atoms with van der Waals surface area (Å²) in [6, 6.07) is 3.85. The monoisotopic (exact) mass is 212 g/mol. The molecule has 0 spiro atoms. The number of halogens is 1.